The van der Waals surface area contributed by atoms with E-state index in [2.05, 4.69) is 0 Å². The Morgan fingerprint density at radius 2 is 2.30 bits per heavy atom. The number of allylic oxidation sites excluding steroid dienone is 1. The summed E-state index contributed by atoms with van der Waals surface area (Å²) in [6, 6.07) is 0. The molecule has 0 radical (unpaired) electrons. The van der Waals surface area contributed by atoms with Gasteiger partial charge in [-0.25, -0.2) is 0 Å². The average molecular weight is 137 g/mol. The number of likely N-dealkylation sites (tertiary alicyclic amines) is 1. The van der Waals surface area contributed by atoms with Gasteiger partial charge in [-0.05, 0) is 11.6 Å². The predicted octanol–water partition coefficient (Wildman–Crippen LogP) is -0.416. The van der Waals surface area contributed by atoms with Crippen LogP contribution in [-0.2, 0) is 9.59 Å². The van der Waals surface area contributed by atoms with Crippen LogP contribution in [0.15, 0.2) is 11.6 Å². The number of nitrogens with zero attached hydrogens (tertiary/aromatic N) is 1. The third-order valence-corrected chi connectivity index (χ3v) is 2.03. The van der Waals surface area contributed by atoms with Crippen molar-refractivity contribution >= 4 is 11.7 Å². The normalized spacial score (nSPS) is 29.9. The van der Waals surface area contributed by atoms with Crippen LogP contribution in [0.1, 0.15) is 0 Å². The van der Waals surface area contributed by atoms with Crippen LogP contribution in [-0.4, -0.2) is 30.2 Å². The minimum atomic E-state index is -0.384. The van der Waals surface area contributed by atoms with E-state index in [9.17, 15) is 9.59 Å². The molecular formula is C7H7NO2. The van der Waals surface area contributed by atoms with E-state index in [1.54, 1.807) is 18.0 Å². The molecule has 1 aliphatic heterocycles. The second-order valence-corrected chi connectivity index (χ2v) is 2.75. The molecule has 1 saturated heterocycles. The van der Waals surface area contributed by atoms with E-state index < -0.39 is 0 Å². The Hall–Kier alpha value is -1.12. The van der Waals surface area contributed by atoms with Crippen molar-refractivity contribution in [2.45, 2.75) is 0 Å². The summed E-state index contributed by atoms with van der Waals surface area (Å²) < 4.78 is 0. The number of rotatable bonds is 0. The van der Waals surface area contributed by atoms with Crippen molar-refractivity contribution in [1.82, 2.24) is 4.90 Å². The summed E-state index contributed by atoms with van der Waals surface area (Å²) in [5.41, 5.74) is 0.984. The summed E-state index contributed by atoms with van der Waals surface area (Å²) in [5.74, 6) is -0.447. The topological polar surface area (TPSA) is 37.4 Å². The SMILES string of the molecule is CN1CC2=CC(=O)C2C1=O. The maximum atomic E-state index is 11.0. The number of carbonyl (C=O) groups excluding carboxylic acids is 2. The fraction of sp³-hybridized carbons (Fsp3) is 0.429. The third-order valence-electron chi connectivity index (χ3n) is 2.03. The van der Waals surface area contributed by atoms with Crippen molar-refractivity contribution in [3.63, 3.8) is 0 Å². The zero-order valence-corrected chi connectivity index (χ0v) is 5.63. The number of ketones is 1. The first-order valence-corrected chi connectivity index (χ1v) is 3.19. The highest BCUT2D eigenvalue weighted by molar-refractivity contribution is 6.17. The number of carbonyl (C=O) groups is 2. The van der Waals surface area contributed by atoms with Crippen molar-refractivity contribution in [3.8, 4) is 0 Å². The van der Waals surface area contributed by atoms with Crippen LogP contribution >= 0.6 is 0 Å². The number of likely N-dealkylation sites (N-methyl/N-ethyl adjacent to an activating group) is 1. The lowest BCUT2D eigenvalue weighted by molar-refractivity contribution is -0.134. The number of fused-ring (bicyclic) bond motifs is 1. The van der Waals surface area contributed by atoms with Crippen LogP contribution in [0.3, 0.4) is 0 Å². The summed E-state index contributed by atoms with van der Waals surface area (Å²) >= 11 is 0. The van der Waals surface area contributed by atoms with Crippen LogP contribution in [0.5, 0.6) is 0 Å². The smallest absolute Gasteiger partial charge is 0.237 e. The fourth-order valence-electron chi connectivity index (χ4n) is 1.43. The summed E-state index contributed by atoms with van der Waals surface area (Å²) in [4.78, 5) is 23.4. The van der Waals surface area contributed by atoms with Gasteiger partial charge in [0.1, 0.15) is 5.92 Å². The second-order valence-electron chi connectivity index (χ2n) is 2.75. The van der Waals surface area contributed by atoms with Gasteiger partial charge in [0, 0.05) is 13.6 Å². The molecule has 0 aromatic rings. The van der Waals surface area contributed by atoms with Crippen LogP contribution in [0, 0.1) is 5.92 Å². The van der Waals surface area contributed by atoms with Crippen molar-refractivity contribution in [1.29, 1.82) is 0 Å². The highest BCUT2D eigenvalue weighted by Crippen LogP contribution is 2.31. The predicted molar refractivity (Wildman–Crippen MR) is 34.2 cm³/mol. The average Bonchev–Trinajstić information content (AvgIpc) is 2.05. The summed E-state index contributed by atoms with van der Waals surface area (Å²) in [6.07, 6.45) is 1.56. The summed E-state index contributed by atoms with van der Waals surface area (Å²) in [7, 11) is 1.72. The van der Waals surface area contributed by atoms with Crippen LogP contribution in [0.4, 0.5) is 0 Å². The summed E-state index contributed by atoms with van der Waals surface area (Å²) in [5, 5.41) is 0. The van der Waals surface area contributed by atoms with E-state index in [0.717, 1.165) is 5.57 Å². The fourth-order valence-corrected chi connectivity index (χ4v) is 1.43. The molecule has 0 N–H and O–H groups in total. The molecule has 1 atom stereocenters. The van der Waals surface area contributed by atoms with Gasteiger partial charge in [0.25, 0.3) is 0 Å². The van der Waals surface area contributed by atoms with E-state index in [0.29, 0.717) is 6.54 Å². The van der Waals surface area contributed by atoms with Gasteiger partial charge in [-0.3, -0.25) is 9.59 Å². The van der Waals surface area contributed by atoms with Crippen molar-refractivity contribution in [2.75, 3.05) is 13.6 Å². The standard InChI is InChI=1S/C7H7NO2/c1-8-3-4-2-5(9)6(4)7(8)10/h2,6H,3H2,1H3. The molecule has 0 aromatic carbocycles. The molecule has 1 unspecified atom stereocenters. The molecule has 2 rings (SSSR count). The largest absolute Gasteiger partial charge is 0.341 e. The van der Waals surface area contributed by atoms with Gasteiger partial charge in [0.05, 0.1) is 0 Å². The highest BCUT2D eigenvalue weighted by Gasteiger charge is 2.44. The molecular weight excluding hydrogens is 130 g/mol. The van der Waals surface area contributed by atoms with Gasteiger partial charge in [0.15, 0.2) is 5.78 Å². The molecule has 1 amide bonds. The number of hydrogen-bond acceptors (Lipinski definition) is 2. The van der Waals surface area contributed by atoms with Gasteiger partial charge in [0.2, 0.25) is 5.91 Å². The molecule has 1 fully saturated rings. The Bertz CT molecular complexity index is 254. The molecule has 2 aliphatic rings. The van der Waals surface area contributed by atoms with Gasteiger partial charge >= 0.3 is 0 Å². The van der Waals surface area contributed by atoms with Crippen molar-refractivity contribution < 1.29 is 9.59 Å². The van der Waals surface area contributed by atoms with E-state index in [-0.39, 0.29) is 17.6 Å². The van der Waals surface area contributed by atoms with Crippen molar-refractivity contribution in [2.24, 2.45) is 5.92 Å². The quantitative estimate of drug-likeness (QED) is 0.425. The van der Waals surface area contributed by atoms with E-state index in [4.69, 9.17) is 0 Å². The van der Waals surface area contributed by atoms with Gasteiger partial charge in [-0.15, -0.1) is 0 Å². The molecule has 52 valence electrons. The Kier molecular flexibility index (Phi) is 0.836. The molecule has 10 heavy (non-hydrogen) atoms. The molecule has 0 aromatic heterocycles. The van der Waals surface area contributed by atoms with E-state index in [1.807, 2.05) is 0 Å². The molecule has 1 aliphatic carbocycles. The monoisotopic (exact) mass is 137 g/mol. The van der Waals surface area contributed by atoms with Crippen LogP contribution < -0.4 is 0 Å². The maximum Gasteiger partial charge on any atom is 0.237 e. The minimum Gasteiger partial charge on any atom is -0.341 e. The lowest BCUT2D eigenvalue weighted by atomic mass is 9.86. The Balaban J connectivity index is 2.37. The van der Waals surface area contributed by atoms with Crippen LogP contribution in [0.2, 0.25) is 0 Å². The molecule has 3 nitrogen and oxygen atoms in total. The van der Waals surface area contributed by atoms with Gasteiger partial charge in [-0.2, -0.15) is 0 Å². The zero-order chi connectivity index (χ0) is 7.30. The maximum absolute atomic E-state index is 11.0. The lowest BCUT2D eigenvalue weighted by Gasteiger charge is -2.12. The second kappa shape index (κ2) is 1.48. The molecule has 3 heteroatoms. The highest BCUT2D eigenvalue weighted by atomic mass is 16.2. The first-order chi connectivity index (χ1) is 4.70. The Morgan fingerprint density at radius 1 is 1.60 bits per heavy atom. The molecule has 1 heterocycles. The Labute approximate surface area is 58.3 Å². The van der Waals surface area contributed by atoms with Gasteiger partial charge in [-0.1, -0.05) is 0 Å². The number of hydrogen-bond donors (Lipinski definition) is 0. The zero-order valence-electron chi connectivity index (χ0n) is 5.63. The summed E-state index contributed by atoms with van der Waals surface area (Å²) in [6.45, 7) is 0.648. The lowest BCUT2D eigenvalue weighted by Crippen LogP contribution is -2.29. The van der Waals surface area contributed by atoms with E-state index in [1.165, 1.54) is 0 Å². The first kappa shape index (κ1) is 5.65. The number of amides is 1. The molecule has 0 saturated carbocycles. The minimum absolute atomic E-state index is 0.0237. The Morgan fingerprint density at radius 3 is 2.70 bits per heavy atom. The molecule has 0 spiro atoms. The molecule has 0 bridgehead atoms. The third kappa shape index (κ3) is 0.454. The van der Waals surface area contributed by atoms with Gasteiger partial charge < -0.3 is 4.90 Å². The first-order valence-electron chi connectivity index (χ1n) is 3.19. The van der Waals surface area contributed by atoms with Crippen molar-refractivity contribution in [3.05, 3.63) is 11.6 Å². The van der Waals surface area contributed by atoms with Crippen LogP contribution in [0.25, 0.3) is 0 Å². The van der Waals surface area contributed by atoms with E-state index >= 15 is 0 Å².